The molecule has 1 fully saturated rings. The standard InChI is InChI=1S/C9H14.C2H6/c1-6-7(2)9-4-3-8(6)5-9;1-2/h3-4,6-9H,5H2,1-2H3;1-2H3. The molecule has 2 bridgehead atoms. The maximum absolute atomic E-state index is 2.41. The van der Waals surface area contributed by atoms with E-state index in [4.69, 9.17) is 0 Å². The van der Waals surface area contributed by atoms with Gasteiger partial charge in [0.1, 0.15) is 0 Å². The molecule has 0 spiro atoms. The lowest BCUT2D eigenvalue weighted by Crippen LogP contribution is -2.12. The van der Waals surface area contributed by atoms with E-state index in [1.54, 1.807) is 0 Å². The molecular formula is C11H20. The third kappa shape index (κ3) is 1.36. The summed E-state index contributed by atoms with van der Waals surface area (Å²) in [6, 6.07) is 0. The maximum Gasteiger partial charge on any atom is -0.0199 e. The van der Waals surface area contributed by atoms with Gasteiger partial charge in [-0.05, 0) is 30.1 Å². The van der Waals surface area contributed by atoms with E-state index in [-0.39, 0.29) is 0 Å². The van der Waals surface area contributed by atoms with Crippen molar-refractivity contribution in [3.8, 4) is 0 Å². The van der Waals surface area contributed by atoms with Gasteiger partial charge < -0.3 is 0 Å². The van der Waals surface area contributed by atoms with Crippen LogP contribution in [0.1, 0.15) is 34.1 Å². The van der Waals surface area contributed by atoms with Crippen molar-refractivity contribution in [2.24, 2.45) is 23.7 Å². The van der Waals surface area contributed by atoms with Gasteiger partial charge in [-0.25, -0.2) is 0 Å². The minimum Gasteiger partial charge on any atom is -0.0848 e. The van der Waals surface area contributed by atoms with Crippen molar-refractivity contribution in [2.45, 2.75) is 34.1 Å². The zero-order chi connectivity index (χ0) is 8.43. The minimum atomic E-state index is 0.935. The number of hydrogen-bond acceptors (Lipinski definition) is 0. The van der Waals surface area contributed by atoms with Crippen LogP contribution in [0.25, 0.3) is 0 Å². The minimum absolute atomic E-state index is 0.935. The lowest BCUT2D eigenvalue weighted by atomic mass is 9.86. The van der Waals surface area contributed by atoms with Crippen LogP contribution in [-0.4, -0.2) is 0 Å². The number of fused-ring (bicyclic) bond motifs is 2. The van der Waals surface area contributed by atoms with Crippen molar-refractivity contribution in [3.63, 3.8) is 0 Å². The van der Waals surface area contributed by atoms with Crippen LogP contribution in [0.4, 0.5) is 0 Å². The van der Waals surface area contributed by atoms with Crippen LogP contribution in [-0.2, 0) is 0 Å². The van der Waals surface area contributed by atoms with Crippen LogP contribution < -0.4 is 0 Å². The summed E-state index contributed by atoms with van der Waals surface area (Å²) in [7, 11) is 0. The van der Waals surface area contributed by atoms with Gasteiger partial charge in [0.15, 0.2) is 0 Å². The average molecular weight is 152 g/mol. The first-order valence-corrected chi connectivity index (χ1v) is 4.97. The van der Waals surface area contributed by atoms with Gasteiger partial charge in [0.2, 0.25) is 0 Å². The molecule has 0 heteroatoms. The predicted octanol–water partition coefficient (Wildman–Crippen LogP) is 3.49. The van der Waals surface area contributed by atoms with Crippen molar-refractivity contribution in [1.82, 2.24) is 0 Å². The van der Waals surface area contributed by atoms with Gasteiger partial charge in [-0.2, -0.15) is 0 Å². The Hall–Kier alpha value is -0.260. The summed E-state index contributed by atoms with van der Waals surface area (Å²) >= 11 is 0. The third-order valence-electron chi connectivity index (χ3n) is 3.33. The molecule has 4 atom stereocenters. The molecule has 0 aromatic carbocycles. The number of allylic oxidation sites excluding steroid dienone is 2. The van der Waals surface area contributed by atoms with E-state index in [0.29, 0.717) is 0 Å². The Bertz CT molecular complexity index is 130. The zero-order valence-electron chi connectivity index (χ0n) is 8.17. The Kier molecular flexibility index (Phi) is 2.75. The largest absolute Gasteiger partial charge is 0.0848 e. The van der Waals surface area contributed by atoms with Crippen molar-refractivity contribution in [1.29, 1.82) is 0 Å². The average Bonchev–Trinajstić information content (AvgIpc) is 2.60. The fraction of sp³-hybridized carbons (Fsp3) is 0.818. The first kappa shape index (κ1) is 8.83. The van der Waals surface area contributed by atoms with E-state index >= 15 is 0 Å². The zero-order valence-corrected chi connectivity index (χ0v) is 8.17. The van der Waals surface area contributed by atoms with E-state index < -0.39 is 0 Å². The van der Waals surface area contributed by atoms with E-state index in [2.05, 4.69) is 26.0 Å². The van der Waals surface area contributed by atoms with Crippen LogP contribution in [0.5, 0.6) is 0 Å². The molecule has 0 aliphatic heterocycles. The SMILES string of the molecule is CC.CC1C2C=CC(C2)C1C. The molecule has 2 aliphatic rings. The van der Waals surface area contributed by atoms with Crippen LogP contribution in [0.2, 0.25) is 0 Å². The predicted molar refractivity (Wildman–Crippen MR) is 50.4 cm³/mol. The molecule has 0 aromatic rings. The van der Waals surface area contributed by atoms with Crippen molar-refractivity contribution in [3.05, 3.63) is 12.2 Å². The molecular weight excluding hydrogens is 132 g/mol. The lowest BCUT2D eigenvalue weighted by Gasteiger charge is -2.19. The molecule has 0 heterocycles. The summed E-state index contributed by atoms with van der Waals surface area (Å²) in [5.74, 6) is 3.79. The van der Waals surface area contributed by atoms with Gasteiger partial charge in [-0.1, -0.05) is 39.8 Å². The van der Waals surface area contributed by atoms with Crippen molar-refractivity contribution >= 4 is 0 Å². The molecule has 11 heavy (non-hydrogen) atoms. The van der Waals surface area contributed by atoms with Gasteiger partial charge in [0, 0.05) is 0 Å². The number of rotatable bonds is 0. The molecule has 0 saturated heterocycles. The van der Waals surface area contributed by atoms with Gasteiger partial charge in [-0.15, -0.1) is 0 Å². The summed E-state index contributed by atoms with van der Waals surface area (Å²) in [6.45, 7) is 8.78. The fourth-order valence-electron chi connectivity index (χ4n) is 2.32. The van der Waals surface area contributed by atoms with Gasteiger partial charge in [0.25, 0.3) is 0 Å². The quantitative estimate of drug-likeness (QED) is 0.466. The monoisotopic (exact) mass is 152 g/mol. The first-order chi connectivity index (χ1) is 5.29. The molecule has 4 unspecified atom stereocenters. The first-order valence-electron chi connectivity index (χ1n) is 4.97. The molecule has 0 amide bonds. The Morgan fingerprint density at radius 2 is 1.27 bits per heavy atom. The van der Waals surface area contributed by atoms with E-state index in [1.165, 1.54) is 6.42 Å². The van der Waals surface area contributed by atoms with Crippen LogP contribution >= 0.6 is 0 Å². The molecule has 2 aliphatic carbocycles. The smallest absolute Gasteiger partial charge is 0.0199 e. The van der Waals surface area contributed by atoms with Gasteiger partial charge in [0.05, 0.1) is 0 Å². The molecule has 2 rings (SSSR count). The summed E-state index contributed by atoms with van der Waals surface area (Å²) in [4.78, 5) is 0. The summed E-state index contributed by atoms with van der Waals surface area (Å²) < 4.78 is 0. The fourth-order valence-corrected chi connectivity index (χ4v) is 2.32. The van der Waals surface area contributed by atoms with Crippen molar-refractivity contribution < 1.29 is 0 Å². The van der Waals surface area contributed by atoms with Crippen LogP contribution in [0, 0.1) is 23.7 Å². The molecule has 64 valence electrons. The Morgan fingerprint density at radius 1 is 0.909 bits per heavy atom. The topological polar surface area (TPSA) is 0 Å². The Labute approximate surface area is 70.7 Å². The van der Waals surface area contributed by atoms with Gasteiger partial charge in [-0.3, -0.25) is 0 Å². The Balaban J connectivity index is 0.000000281. The highest BCUT2D eigenvalue weighted by Gasteiger charge is 2.38. The third-order valence-corrected chi connectivity index (χ3v) is 3.33. The van der Waals surface area contributed by atoms with Gasteiger partial charge >= 0.3 is 0 Å². The molecule has 0 N–H and O–H groups in total. The maximum atomic E-state index is 2.41. The molecule has 0 radical (unpaired) electrons. The normalized spacial score (nSPS) is 45.5. The highest BCUT2D eigenvalue weighted by atomic mass is 14.4. The lowest BCUT2D eigenvalue weighted by molar-refractivity contribution is 0.364. The number of hydrogen-bond donors (Lipinski definition) is 0. The highest BCUT2D eigenvalue weighted by molar-refractivity contribution is 5.11. The Morgan fingerprint density at radius 3 is 1.45 bits per heavy atom. The molecule has 1 saturated carbocycles. The van der Waals surface area contributed by atoms with E-state index in [1.807, 2.05) is 13.8 Å². The molecule has 0 nitrogen and oxygen atoms in total. The van der Waals surface area contributed by atoms with Crippen LogP contribution in [0.3, 0.4) is 0 Å². The van der Waals surface area contributed by atoms with E-state index in [0.717, 1.165) is 23.7 Å². The second-order valence-electron chi connectivity index (χ2n) is 3.67. The summed E-state index contributed by atoms with van der Waals surface area (Å²) in [5, 5.41) is 0. The van der Waals surface area contributed by atoms with E-state index in [9.17, 15) is 0 Å². The van der Waals surface area contributed by atoms with Crippen molar-refractivity contribution in [2.75, 3.05) is 0 Å². The summed E-state index contributed by atoms with van der Waals surface area (Å²) in [5.41, 5.74) is 0. The summed E-state index contributed by atoms with van der Waals surface area (Å²) in [6.07, 6.45) is 6.27. The van der Waals surface area contributed by atoms with Crippen LogP contribution in [0.15, 0.2) is 12.2 Å². The second-order valence-corrected chi connectivity index (χ2v) is 3.67. The molecule has 0 aromatic heterocycles. The second kappa shape index (κ2) is 3.42. The highest BCUT2D eigenvalue weighted by Crippen LogP contribution is 2.47.